The Hall–Kier alpha value is -3.25. The Morgan fingerprint density at radius 3 is 1.74 bits per heavy atom. The van der Waals surface area contributed by atoms with Crippen LogP contribution < -0.4 is 10.4 Å². The second kappa shape index (κ2) is 13.6. The van der Waals surface area contributed by atoms with Gasteiger partial charge in [0.25, 0.3) is 0 Å². The first-order valence-corrected chi connectivity index (χ1v) is 12.3. The van der Waals surface area contributed by atoms with E-state index in [-0.39, 0.29) is 13.2 Å². The monoisotopic (exact) mass is 498 g/mol. The topological polar surface area (TPSA) is 71.1 Å². The molecule has 0 saturated carbocycles. The molecule has 35 heavy (non-hydrogen) atoms. The number of halogens is 1. The maximum absolute atomic E-state index is 12.0. The summed E-state index contributed by atoms with van der Waals surface area (Å²) in [5.41, 5.74) is 0. The third kappa shape index (κ3) is 7.36. The van der Waals surface area contributed by atoms with Crippen molar-refractivity contribution in [1.29, 1.82) is 0 Å². The molecule has 0 amide bonds. The van der Waals surface area contributed by atoms with Crippen LogP contribution in [-0.2, 0) is 28.5 Å². The van der Waals surface area contributed by atoms with Gasteiger partial charge < -0.3 is 18.9 Å². The number of fused-ring (bicyclic) bond motifs is 2. The van der Waals surface area contributed by atoms with Crippen molar-refractivity contribution in [2.24, 2.45) is 0 Å². The highest BCUT2D eigenvalue weighted by atomic mass is 35.5. The molecule has 7 heteroatoms. The fourth-order valence-electron chi connectivity index (χ4n) is 3.60. The van der Waals surface area contributed by atoms with Crippen LogP contribution in [0.1, 0.15) is 39.5 Å². The van der Waals surface area contributed by atoms with E-state index in [1.165, 1.54) is 0 Å². The lowest BCUT2D eigenvalue weighted by molar-refractivity contribution is -0.147. The molecule has 0 unspecified atom stereocenters. The van der Waals surface area contributed by atoms with Crippen LogP contribution in [0.5, 0.6) is 0 Å². The Bertz CT molecular complexity index is 1280. The number of hydrogen-bond donors (Lipinski definition) is 0. The van der Waals surface area contributed by atoms with Crippen LogP contribution >= 0.6 is 11.6 Å². The van der Waals surface area contributed by atoms with Crippen molar-refractivity contribution in [3.8, 4) is 0 Å². The SMILES string of the molecule is CCCCOC(=O)COC=c1c2ccccc2c(=COCC(=O)OCCCC)c2cc(Cl)ccc12. The molecule has 3 aromatic carbocycles. The van der Waals surface area contributed by atoms with E-state index < -0.39 is 11.9 Å². The smallest absolute Gasteiger partial charge is 0.344 e. The quantitative estimate of drug-likeness (QED) is 0.202. The fourth-order valence-corrected chi connectivity index (χ4v) is 3.77. The van der Waals surface area contributed by atoms with Crippen LogP contribution in [0, 0.1) is 0 Å². The Labute approximate surface area is 210 Å². The van der Waals surface area contributed by atoms with Crippen LogP contribution in [0.15, 0.2) is 42.5 Å². The highest BCUT2D eigenvalue weighted by molar-refractivity contribution is 6.31. The fraction of sp³-hybridized carbons (Fsp3) is 0.357. The lowest BCUT2D eigenvalue weighted by Crippen LogP contribution is -2.18. The molecule has 6 nitrogen and oxygen atoms in total. The summed E-state index contributed by atoms with van der Waals surface area (Å²) in [6.07, 6.45) is 6.69. The minimum absolute atomic E-state index is 0.176. The number of carbonyl (C=O) groups is 2. The predicted octanol–water partition coefficient (Wildman–Crippen LogP) is 4.84. The second-order valence-electron chi connectivity index (χ2n) is 8.07. The number of ether oxygens (including phenoxy) is 4. The third-order valence-electron chi connectivity index (χ3n) is 5.40. The van der Waals surface area contributed by atoms with E-state index in [2.05, 4.69) is 0 Å². The maximum atomic E-state index is 12.0. The van der Waals surface area contributed by atoms with Gasteiger partial charge in [0, 0.05) is 15.5 Å². The first-order chi connectivity index (χ1) is 17.0. The molecule has 0 fully saturated rings. The van der Waals surface area contributed by atoms with Crippen molar-refractivity contribution >= 4 is 57.6 Å². The van der Waals surface area contributed by atoms with Gasteiger partial charge in [0.05, 0.1) is 25.7 Å². The van der Waals surface area contributed by atoms with Gasteiger partial charge >= 0.3 is 11.9 Å². The predicted molar refractivity (Wildman–Crippen MR) is 138 cm³/mol. The van der Waals surface area contributed by atoms with E-state index in [1.807, 2.05) is 50.2 Å². The molecule has 0 bridgehead atoms. The van der Waals surface area contributed by atoms with Gasteiger partial charge in [0.2, 0.25) is 0 Å². The molecule has 0 spiro atoms. The van der Waals surface area contributed by atoms with Gasteiger partial charge in [-0.3, -0.25) is 0 Å². The minimum Gasteiger partial charge on any atom is -0.489 e. The molecule has 0 radical (unpaired) electrons. The standard InChI is InChI=1S/C28H31ClO6/c1-3-5-13-34-27(30)18-32-16-25-21-9-7-8-10-22(21)26(24-15-20(29)11-12-23(24)25)17-33-19-28(31)35-14-6-4-2/h7-12,15-17H,3-6,13-14,18-19H2,1-2H3. The van der Waals surface area contributed by atoms with E-state index in [4.69, 9.17) is 30.5 Å². The van der Waals surface area contributed by atoms with Crippen LogP contribution in [-0.4, -0.2) is 38.4 Å². The molecule has 0 heterocycles. The summed E-state index contributed by atoms with van der Waals surface area (Å²) in [5, 5.41) is 5.65. The van der Waals surface area contributed by atoms with Crippen molar-refractivity contribution in [3.05, 3.63) is 57.9 Å². The van der Waals surface area contributed by atoms with Crippen LogP contribution in [0.4, 0.5) is 0 Å². The van der Waals surface area contributed by atoms with E-state index in [1.54, 1.807) is 18.6 Å². The molecule has 3 aromatic rings. The van der Waals surface area contributed by atoms with Crippen molar-refractivity contribution in [3.63, 3.8) is 0 Å². The molecule has 0 N–H and O–H groups in total. The summed E-state index contributed by atoms with van der Waals surface area (Å²) in [5.74, 6) is -0.818. The van der Waals surface area contributed by atoms with Crippen molar-refractivity contribution in [2.45, 2.75) is 39.5 Å². The van der Waals surface area contributed by atoms with Crippen LogP contribution in [0.2, 0.25) is 5.02 Å². The normalized spacial score (nSPS) is 12.2. The molecule has 0 saturated heterocycles. The van der Waals surface area contributed by atoms with Gasteiger partial charge in [-0.2, -0.15) is 0 Å². The van der Waals surface area contributed by atoms with Gasteiger partial charge in [0.15, 0.2) is 13.2 Å². The van der Waals surface area contributed by atoms with E-state index in [9.17, 15) is 9.59 Å². The van der Waals surface area contributed by atoms with Gasteiger partial charge in [-0.15, -0.1) is 0 Å². The molecule has 186 valence electrons. The zero-order chi connectivity index (χ0) is 25.0. The maximum Gasteiger partial charge on any atom is 0.344 e. The molecular weight excluding hydrogens is 468 g/mol. The molecule has 3 rings (SSSR count). The number of carbonyl (C=O) groups excluding carboxylic acids is 2. The van der Waals surface area contributed by atoms with Gasteiger partial charge in [-0.1, -0.05) is 68.6 Å². The van der Waals surface area contributed by atoms with Gasteiger partial charge in [-0.05, 0) is 46.5 Å². The molecule has 0 aromatic heterocycles. The largest absolute Gasteiger partial charge is 0.489 e. The average Bonchev–Trinajstić information content (AvgIpc) is 2.85. The highest BCUT2D eigenvalue weighted by Gasteiger charge is 2.09. The first kappa shape index (κ1) is 26.4. The number of rotatable bonds is 12. The van der Waals surface area contributed by atoms with Crippen molar-refractivity contribution < 1.29 is 28.5 Å². The molecule has 0 aliphatic heterocycles. The van der Waals surface area contributed by atoms with Crippen molar-refractivity contribution in [2.75, 3.05) is 26.4 Å². The number of esters is 2. The Balaban J connectivity index is 1.97. The Kier molecular flexibility index (Phi) is 10.2. The zero-order valence-corrected chi connectivity index (χ0v) is 20.9. The van der Waals surface area contributed by atoms with Crippen molar-refractivity contribution in [1.82, 2.24) is 0 Å². The Morgan fingerprint density at radius 1 is 0.743 bits per heavy atom. The minimum atomic E-state index is -0.412. The van der Waals surface area contributed by atoms with E-state index >= 15 is 0 Å². The Morgan fingerprint density at radius 2 is 1.23 bits per heavy atom. The van der Waals surface area contributed by atoms with Crippen LogP contribution in [0.3, 0.4) is 0 Å². The summed E-state index contributed by atoms with van der Waals surface area (Å²) in [7, 11) is 0. The highest BCUT2D eigenvalue weighted by Crippen LogP contribution is 2.18. The van der Waals surface area contributed by atoms with Gasteiger partial charge in [-0.25, -0.2) is 9.59 Å². The molecular formula is C28H31ClO6. The number of unbranched alkanes of at least 4 members (excludes halogenated alkanes) is 2. The van der Waals surface area contributed by atoms with E-state index in [0.717, 1.165) is 57.7 Å². The summed E-state index contributed by atoms with van der Waals surface area (Å²) in [4.78, 5) is 23.9. The third-order valence-corrected chi connectivity index (χ3v) is 5.63. The summed E-state index contributed by atoms with van der Waals surface area (Å²) in [6, 6.07) is 13.3. The van der Waals surface area contributed by atoms with E-state index in [0.29, 0.717) is 18.2 Å². The summed E-state index contributed by atoms with van der Waals surface area (Å²) < 4.78 is 21.6. The first-order valence-electron chi connectivity index (χ1n) is 11.9. The zero-order valence-electron chi connectivity index (χ0n) is 20.2. The molecule has 0 aliphatic rings. The van der Waals surface area contributed by atoms with Gasteiger partial charge in [0.1, 0.15) is 0 Å². The molecule has 0 atom stereocenters. The summed E-state index contributed by atoms with van der Waals surface area (Å²) >= 11 is 6.32. The average molecular weight is 499 g/mol. The molecule has 0 aliphatic carbocycles. The lowest BCUT2D eigenvalue weighted by atomic mass is 9.98. The van der Waals surface area contributed by atoms with Crippen LogP contribution in [0.25, 0.3) is 34.1 Å². The second-order valence-corrected chi connectivity index (χ2v) is 8.51. The number of hydrogen-bond acceptors (Lipinski definition) is 6. The summed E-state index contributed by atoms with van der Waals surface area (Å²) in [6.45, 7) is 4.48. The number of benzene rings is 3. The lowest BCUT2D eigenvalue weighted by Gasteiger charge is -2.09.